The minimum Gasteiger partial charge on any atom is -0.355 e. The Morgan fingerprint density at radius 2 is 2.00 bits per heavy atom. The smallest absolute Gasteiger partial charge is 0.239 e. The summed E-state index contributed by atoms with van der Waals surface area (Å²) in [7, 11) is 0. The fourth-order valence-electron chi connectivity index (χ4n) is 1.54. The van der Waals surface area contributed by atoms with Crippen LogP contribution in [-0.4, -0.2) is 24.9 Å². The first kappa shape index (κ1) is 15.5. The van der Waals surface area contributed by atoms with Crippen LogP contribution in [-0.2, 0) is 16.0 Å². The van der Waals surface area contributed by atoms with Crippen molar-refractivity contribution in [3.63, 3.8) is 0 Å². The summed E-state index contributed by atoms with van der Waals surface area (Å²) in [6, 6.07) is 7.41. The maximum absolute atomic E-state index is 11.6. The molecule has 1 aromatic carbocycles. The van der Waals surface area contributed by atoms with Gasteiger partial charge in [-0.25, -0.2) is 0 Å². The van der Waals surface area contributed by atoms with Gasteiger partial charge in [0.15, 0.2) is 0 Å². The molecule has 0 aliphatic rings. The third kappa shape index (κ3) is 6.82. The SMILES string of the molecule is CCCNC(=O)CNC(=O)CCc1cccc(Cl)c1. The zero-order chi connectivity index (χ0) is 14.1. The molecule has 0 aliphatic carbocycles. The number of halogens is 1. The number of benzene rings is 1. The van der Waals surface area contributed by atoms with Crippen LogP contribution in [0, 0.1) is 0 Å². The summed E-state index contributed by atoms with van der Waals surface area (Å²) in [4.78, 5) is 22.8. The van der Waals surface area contributed by atoms with Crippen molar-refractivity contribution < 1.29 is 9.59 Å². The van der Waals surface area contributed by atoms with E-state index in [1.165, 1.54) is 0 Å². The van der Waals surface area contributed by atoms with Crippen LogP contribution in [0.3, 0.4) is 0 Å². The van der Waals surface area contributed by atoms with Crippen molar-refractivity contribution in [3.8, 4) is 0 Å². The summed E-state index contributed by atoms with van der Waals surface area (Å²) < 4.78 is 0. The van der Waals surface area contributed by atoms with Gasteiger partial charge >= 0.3 is 0 Å². The molecule has 0 saturated heterocycles. The van der Waals surface area contributed by atoms with E-state index in [-0.39, 0.29) is 18.4 Å². The zero-order valence-electron chi connectivity index (χ0n) is 11.0. The van der Waals surface area contributed by atoms with Gasteiger partial charge in [-0.1, -0.05) is 30.7 Å². The minimum atomic E-state index is -0.155. The maximum atomic E-state index is 11.6. The van der Waals surface area contributed by atoms with Gasteiger partial charge in [-0.2, -0.15) is 0 Å². The van der Waals surface area contributed by atoms with E-state index < -0.39 is 0 Å². The Hall–Kier alpha value is -1.55. The fraction of sp³-hybridized carbons (Fsp3) is 0.429. The number of nitrogens with one attached hydrogen (secondary N) is 2. The van der Waals surface area contributed by atoms with E-state index in [4.69, 9.17) is 11.6 Å². The van der Waals surface area contributed by atoms with Gasteiger partial charge in [0.1, 0.15) is 0 Å². The highest BCUT2D eigenvalue weighted by Crippen LogP contribution is 2.11. The monoisotopic (exact) mass is 282 g/mol. The molecule has 0 saturated carbocycles. The predicted octanol–water partition coefficient (Wildman–Crippen LogP) is 1.91. The quantitative estimate of drug-likeness (QED) is 0.803. The molecule has 4 nitrogen and oxygen atoms in total. The predicted molar refractivity (Wildman–Crippen MR) is 76.1 cm³/mol. The number of carbonyl (C=O) groups is 2. The lowest BCUT2D eigenvalue weighted by Gasteiger charge is -2.06. The number of carbonyl (C=O) groups excluding carboxylic acids is 2. The van der Waals surface area contributed by atoms with Crippen molar-refractivity contribution >= 4 is 23.4 Å². The van der Waals surface area contributed by atoms with E-state index in [1.54, 1.807) is 6.07 Å². The zero-order valence-corrected chi connectivity index (χ0v) is 11.8. The molecule has 5 heteroatoms. The molecule has 0 radical (unpaired) electrons. The summed E-state index contributed by atoms with van der Waals surface area (Å²) in [6.07, 6.45) is 1.85. The van der Waals surface area contributed by atoms with Crippen molar-refractivity contribution in [2.75, 3.05) is 13.1 Å². The highest BCUT2D eigenvalue weighted by Gasteiger charge is 2.05. The summed E-state index contributed by atoms with van der Waals surface area (Å²) in [5.74, 6) is -0.287. The summed E-state index contributed by atoms with van der Waals surface area (Å²) in [5, 5.41) is 5.95. The standard InChI is InChI=1S/C14H19ClN2O2/c1-2-8-16-14(19)10-17-13(18)7-6-11-4-3-5-12(15)9-11/h3-5,9H,2,6-8,10H2,1H3,(H,16,19)(H,17,18). The second kappa shape index (κ2) is 8.53. The molecule has 0 atom stereocenters. The molecule has 0 fully saturated rings. The van der Waals surface area contributed by atoms with Crippen LogP contribution >= 0.6 is 11.6 Å². The van der Waals surface area contributed by atoms with E-state index in [2.05, 4.69) is 10.6 Å². The lowest BCUT2D eigenvalue weighted by Crippen LogP contribution is -2.37. The summed E-state index contributed by atoms with van der Waals surface area (Å²) >= 11 is 5.86. The highest BCUT2D eigenvalue weighted by atomic mass is 35.5. The molecule has 2 amide bonds. The van der Waals surface area contributed by atoms with Crippen LogP contribution in [0.25, 0.3) is 0 Å². The molecule has 2 N–H and O–H groups in total. The van der Waals surface area contributed by atoms with Gasteiger partial charge in [0.25, 0.3) is 0 Å². The highest BCUT2D eigenvalue weighted by molar-refractivity contribution is 6.30. The molecule has 0 aliphatic heterocycles. The van der Waals surface area contributed by atoms with Crippen LogP contribution < -0.4 is 10.6 Å². The molecule has 0 unspecified atom stereocenters. The van der Waals surface area contributed by atoms with Gasteiger partial charge in [-0.15, -0.1) is 0 Å². The molecule has 19 heavy (non-hydrogen) atoms. The van der Waals surface area contributed by atoms with Crippen LogP contribution in [0.4, 0.5) is 0 Å². The summed E-state index contributed by atoms with van der Waals surface area (Å²) in [5.41, 5.74) is 1.01. The van der Waals surface area contributed by atoms with Crippen molar-refractivity contribution in [2.45, 2.75) is 26.2 Å². The Labute approximate surface area is 118 Å². The van der Waals surface area contributed by atoms with Crippen molar-refractivity contribution in [1.82, 2.24) is 10.6 Å². The summed E-state index contributed by atoms with van der Waals surface area (Å²) in [6.45, 7) is 2.65. The van der Waals surface area contributed by atoms with E-state index in [0.29, 0.717) is 24.4 Å². The topological polar surface area (TPSA) is 58.2 Å². The van der Waals surface area contributed by atoms with E-state index in [0.717, 1.165) is 12.0 Å². The van der Waals surface area contributed by atoms with Gasteiger partial charge < -0.3 is 10.6 Å². The largest absolute Gasteiger partial charge is 0.355 e. The average molecular weight is 283 g/mol. The Morgan fingerprint density at radius 1 is 1.21 bits per heavy atom. The van der Waals surface area contributed by atoms with Crippen LogP contribution in [0.1, 0.15) is 25.3 Å². The molecule has 104 valence electrons. The number of amides is 2. The molecular formula is C14H19ClN2O2. The maximum Gasteiger partial charge on any atom is 0.239 e. The molecule has 0 heterocycles. The normalized spacial score (nSPS) is 10.0. The van der Waals surface area contributed by atoms with Crippen LogP contribution in [0.5, 0.6) is 0 Å². The first-order valence-corrected chi connectivity index (χ1v) is 6.77. The first-order valence-electron chi connectivity index (χ1n) is 6.39. The molecular weight excluding hydrogens is 264 g/mol. The average Bonchev–Trinajstić information content (AvgIpc) is 2.40. The molecule has 0 spiro atoms. The molecule has 0 bridgehead atoms. The lowest BCUT2D eigenvalue weighted by molar-refractivity contribution is -0.126. The van der Waals surface area contributed by atoms with E-state index in [9.17, 15) is 9.59 Å². The Balaban J connectivity index is 2.23. The molecule has 1 aromatic rings. The molecule has 0 aromatic heterocycles. The van der Waals surface area contributed by atoms with Gasteiger partial charge in [0, 0.05) is 18.0 Å². The van der Waals surface area contributed by atoms with Crippen molar-refractivity contribution in [1.29, 1.82) is 0 Å². The number of hydrogen-bond donors (Lipinski definition) is 2. The van der Waals surface area contributed by atoms with E-state index in [1.807, 2.05) is 25.1 Å². The minimum absolute atomic E-state index is 0.0361. The Morgan fingerprint density at radius 3 is 2.68 bits per heavy atom. The third-order valence-electron chi connectivity index (χ3n) is 2.55. The van der Waals surface area contributed by atoms with Gasteiger partial charge in [-0.05, 0) is 30.5 Å². The van der Waals surface area contributed by atoms with Crippen LogP contribution in [0.2, 0.25) is 5.02 Å². The number of rotatable bonds is 7. The second-order valence-electron chi connectivity index (χ2n) is 4.26. The van der Waals surface area contributed by atoms with Gasteiger partial charge in [0.05, 0.1) is 6.54 Å². The molecule has 1 rings (SSSR count). The van der Waals surface area contributed by atoms with Crippen LogP contribution in [0.15, 0.2) is 24.3 Å². The Bertz CT molecular complexity index is 435. The first-order chi connectivity index (χ1) is 9.11. The van der Waals surface area contributed by atoms with Gasteiger partial charge in [-0.3, -0.25) is 9.59 Å². The van der Waals surface area contributed by atoms with Crippen molar-refractivity contribution in [2.24, 2.45) is 0 Å². The van der Waals surface area contributed by atoms with E-state index >= 15 is 0 Å². The number of aryl methyl sites for hydroxylation is 1. The number of hydrogen-bond acceptors (Lipinski definition) is 2. The second-order valence-corrected chi connectivity index (χ2v) is 4.69. The van der Waals surface area contributed by atoms with Gasteiger partial charge in [0.2, 0.25) is 11.8 Å². The van der Waals surface area contributed by atoms with Crippen molar-refractivity contribution in [3.05, 3.63) is 34.9 Å². The Kier molecular flexibility index (Phi) is 6.97. The lowest BCUT2D eigenvalue weighted by atomic mass is 10.1. The third-order valence-corrected chi connectivity index (χ3v) is 2.78. The fourth-order valence-corrected chi connectivity index (χ4v) is 1.76.